The average Bonchev–Trinajstić information content (AvgIpc) is 3.55. The van der Waals surface area contributed by atoms with Crippen LogP contribution in [0.3, 0.4) is 0 Å². The van der Waals surface area contributed by atoms with Crippen molar-refractivity contribution in [3.63, 3.8) is 0 Å². The van der Waals surface area contributed by atoms with Gasteiger partial charge in [0.05, 0.1) is 11.2 Å². The van der Waals surface area contributed by atoms with Crippen LogP contribution in [0.5, 0.6) is 0 Å². The summed E-state index contributed by atoms with van der Waals surface area (Å²) < 4.78 is 1.61. The molecule has 45 heavy (non-hydrogen) atoms. The third-order valence-corrected chi connectivity index (χ3v) is 7.72. The molecule has 2 aromatic carbocycles. The molecule has 4 aromatic rings. The Hall–Kier alpha value is -5.26. The first-order valence-electron chi connectivity index (χ1n) is 14.4. The Morgan fingerprint density at radius 3 is 2.42 bits per heavy atom. The van der Waals surface area contributed by atoms with Gasteiger partial charge in [0.1, 0.15) is 0 Å². The highest BCUT2D eigenvalue weighted by molar-refractivity contribution is 5.94. The summed E-state index contributed by atoms with van der Waals surface area (Å²) in [5.41, 5.74) is 12.4. The standard InChI is InChI=1S/C35H33N5O5/c1-23(36)9-13-34(44,22-41)14-10-24-5-3-7-26(19-24)27-12-17-40-29(21-27)30(38-32(40)31(37)42)28-8-4-6-25(20-28)11-15-35(45)16-18-39(2)33(35)43/h3-8,12,17,19-23,44-45H,9,13,16,18,36H2,1-2H3,(H2,37,42)/t23?,34-,35+/m1/s1. The number of rotatable bonds is 7. The molecule has 10 heteroatoms. The number of nitrogens with zero attached hydrogens (tertiary/aromatic N) is 3. The zero-order chi connectivity index (χ0) is 32.4. The van der Waals surface area contributed by atoms with Gasteiger partial charge in [-0.2, -0.15) is 0 Å². The van der Waals surface area contributed by atoms with Gasteiger partial charge in [0, 0.05) is 48.9 Å². The molecule has 0 radical (unpaired) electrons. The number of aliphatic hydroxyl groups is 2. The number of nitrogens with two attached hydrogens (primary N) is 2. The molecule has 3 heterocycles. The SMILES string of the molecule is CC(N)CC[C@@](O)(C#Cc1cccc(-c2ccn3c(C(N)=O)nc(-c4cccc(C#C[C@]5(O)CCN(C)C5=O)c4)c3c2)c1)C=O. The zero-order valence-electron chi connectivity index (χ0n) is 24.9. The van der Waals surface area contributed by atoms with E-state index in [1.807, 2.05) is 36.4 Å². The summed E-state index contributed by atoms with van der Waals surface area (Å²) in [7, 11) is 1.62. The number of likely N-dealkylation sites (N-methyl/N-ethyl adjacent to an activating group) is 1. The fraction of sp³-hybridized carbons (Fsp3) is 0.257. The van der Waals surface area contributed by atoms with E-state index in [1.165, 1.54) is 4.90 Å². The molecule has 0 saturated carbocycles. The van der Waals surface area contributed by atoms with E-state index in [4.69, 9.17) is 11.5 Å². The quantitative estimate of drug-likeness (QED) is 0.186. The molecule has 6 N–H and O–H groups in total. The summed E-state index contributed by atoms with van der Waals surface area (Å²) >= 11 is 0. The largest absolute Gasteiger partial charge is 0.371 e. The summed E-state index contributed by atoms with van der Waals surface area (Å²) in [5.74, 6) is 10.2. The third kappa shape index (κ3) is 6.64. The predicted octanol–water partition coefficient (Wildman–Crippen LogP) is 2.12. The molecular formula is C35H33N5O5. The number of fused-ring (bicyclic) bond motifs is 1. The molecule has 1 unspecified atom stereocenters. The van der Waals surface area contributed by atoms with E-state index in [0.717, 1.165) is 11.1 Å². The minimum absolute atomic E-state index is 0.0523. The van der Waals surface area contributed by atoms with Gasteiger partial charge in [-0.25, -0.2) is 4.98 Å². The smallest absolute Gasteiger partial charge is 0.285 e. The number of hydrogen-bond acceptors (Lipinski definition) is 7. The van der Waals surface area contributed by atoms with Crippen LogP contribution >= 0.6 is 0 Å². The molecule has 3 atom stereocenters. The highest BCUT2D eigenvalue weighted by Gasteiger charge is 2.42. The average molecular weight is 604 g/mol. The first kappa shape index (κ1) is 31.2. The van der Waals surface area contributed by atoms with E-state index in [9.17, 15) is 24.6 Å². The van der Waals surface area contributed by atoms with Gasteiger partial charge in [0.2, 0.25) is 11.4 Å². The number of benzene rings is 2. The minimum Gasteiger partial charge on any atom is -0.371 e. The van der Waals surface area contributed by atoms with Crippen LogP contribution in [-0.2, 0) is 9.59 Å². The Kier molecular flexibility index (Phi) is 8.58. The molecule has 1 aliphatic heterocycles. The van der Waals surface area contributed by atoms with Crippen LogP contribution in [0.15, 0.2) is 66.9 Å². The van der Waals surface area contributed by atoms with Gasteiger partial charge in [-0.05, 0) is 67.3 Å². The lowest BCUT2D eigenvalue weighted by Gasteiger charge is -2.15. The molecule has 1 aliphatic rings. The Labute approximate surface area is 260 Å². The Balaban J connectivity index is 1.52. The molecule has 0 spiro atoms. The number of pyridine rings is 1. The van der Waals surface area contributed by atoms with Crippen molar-refractivity contribution in [2.24, 2.45) is 11.5 Å². The van der Waals surface area contributed by atoms with Crippen LogP contribution in [0.4, 0.5) is 0 Å². The lowest BCUT2D eigenvalue weighted by molar-refractivity contribution is -0.137. The van der Waals surface area contributed by atoms with Crippen LogP contribution in [-0.4, -0.2) is 73.4 Å². The Morgan fingerprint density at radius 1 is 1.11 bits per heavy atom. The zero-order valence-corrected chi connectivity index (χ0v) is 24.9. The number of carbonyl (C=O) groups is 3. The topological polar surface area (TPSA) is 164 Å². The van der Waals surface area contributed by atoms with Crippen LogP contribution in [0.2, 0.25) is 0 Å². The maximum atomic E-state index is 12.3. The number of likely N-dealkylation sites (tertiary alicyclic amines) is 1. The van der Waals surface area contributed by atoms with Crippen molar-refractivity contribution < 1.29 is 24.6 Å². The van der Waals surface area contributed by atoms with E-state index < -0.39 is 23.0 Å². The highest BCUT2D eigenvalue weighted by Crippen LogP contribution is 2.30. The van der Waals surface area contributed by atoms with E-state index in [1.54, 1.807) is 48.8 Å². The maximum Gasteiger partial charge on any atom is 0.285 e. The lowest BCUT2D eigenvalue weighted by Crippen LogP contribution is -2.37. The van der Waals surface area contributed by atoms with Gasteiger partial charge in [0.25, 0.3) is 11.8 Å². The van der Waals surface area contributed by atoms with Crippen LogP contribution < -0.4 is 11.5 Å². The molecule has 2 amide bonds. The second kappa shape index (κ2) is 12.4. The van der Waals surface area contributed by atoms with Crippen molar-refractivity contribution in [2.45, 2.75) is 43.4 Å². The first-order chi connectivity index (χ1) is 21.4. The summed E-state index contributed by atoms with van der Waals surface area (Å²) in [4.78, 5) is 42.2. The highest BCUT2D eigenvalue weighted by atomic mass is 16.3. The van der Waals surface area contributed by atoms with E-state index in [2.05, 4.69) is 28.7 Å². The Bertz CT molecular complexity index is 1940. The number of hydrogen-bond donors (Lipinski definition) is 4. The summed E-state index contributed by atoms with van der Waals surface area (Å²) in [5, 5.41) is 21.3. The number of amides is 2. The number of primary amides is 1. The second-order valence-corrected chi connectivity index (χ2v) is 11.4. The molecule has 228 valence electrons. The second-order valence-electron chi connectivity index (χ2n) is 11.4. The van der Waals surface area contributed by atoms with E-state index in [0.29, 0.717) is 47.2 Å². The molecule has 0 aliphatic carbocycles. The summed E-state index contributed by atoms with van der Waals surface area (Å²) in [6, 6.07) is 18.0. The molecule has 10 nitrogen and oxygen atoms in total. The maximum absolute atomic E-state index is 12.3. The van der Waals surface area contributed by atoms with Gasteiger partial charge in [0.15, 0.2) is 11.9 Å². The van der Waals surface area contributed by atoms with Crippen molar-refractivity contribution in [1.82, 2.24) is 14.3 Å². The van der Waals surface area contributed by atoms with Gasteiger partial charge in [-0.1, -0.05) is 47.9 Å². The van der Waals surface area contributed by atoms with Crippen LogP contribution in [0, 0.1) is 23.7 Å². The van der Waals surface area contributed by atoms with Crippen molar-refractivity contribution in [2.75, 3.05) is 13.6 Å². The molecule has 0 bridgehead atoms. The van der Waals surface area contributed by atoms with E-state index >= 15 is 0 Å². The number of carbonyl (C=O) groups excluding carboxylic acids is 3. The van der Waals surface area contributed by atoms with Gasteiger partial charge in [-0.3, -0.25) is 18.8 Å². The van der Waals surface area contributed by atoms with Gasteiger partial charge >= 0.3 is 0 Å². The fourth-order valence-electron chi connectivity index (χ4n) is 5.10. The van der Waals surface area contributed by atoms with Crippen molar-refractivity contribution in [3.05, 3.63) is 83.8 Å². The predicted molar refractivity (Wildman–Crippen MR) is 169 cm³/mol. The van der Waals surface area contributed by atoms with Gasteiger partial charge in [-0.15, -0.1) is 0 Å². The lowest BCUT2D eigenvalue weighted by atomic mass is 9.97. The summed E-state index contributed by atoms with van der Waals surface area (Å²) in [6.07, 6.45) is 2.95. The molecule has 1 fully saturated rings. The van der Waals surface area contributed by atoms with Crippen LogP contribution in [0.25, 0.3) is 27.9 Å². The monoisotopic (exact) mass is 603 g/mol. The number of imidazole rings is 1. The number of aromatic nitrogens is 2. The van der Waals surface area contributed by atoms with Crippen LogP contribution in [0.1, 0.15) is 47.9 Å². The third-order valence-electron chi connectivity index (χ3n) is 7.72. The molecule has 5 rings (SSSR count). The van der Waals surface area contributed by atoms with Gasteiger partial charge < -0.3 is 26.6 Å². The van der Waals surface area contributed by atoms with Crippen molar-refractivity contribution in [1.29, 1.82) is 0 Å². The van der Waals surface area contributed by atoms with Crippen molar-refractivity contribution in [3.8, 4) is 46.1 Å². The summed E-state index contributed by atoms with van der Waals surface area (Å²) in [6.45, 7) is 2.22. The van der Waals surface area contributed by atoms with Crippen molar-refractivity contribution >= 4 is 23.6 Å². The first-order valence-corrected chi connectivity index (χ1v) is 14.4. The molecule has 2 aromatic heterocycles. The number of aldehydes is 1. The fourth-order valence-corrected chi connectivity index (χ4v) is 5.10. The molecule has 1 saturated heterocycles. The Morgan fingerprint density at radius 2 is 1.78 bits per heavy atom. The minimum atomic E-state index is -1.79. The van der Waals surface area contributed by atoms with E-state index in [-0.39, 0.29) is 24.7 Å². The molecular weight excluding hydrogens is 570 g/mol. The normalized spacial score (nSPS) is 18.0.